The second-order valence-electron chi connectivity index (χ2n) is 7.26. The highest BCUT2D eigenvalue weighted by molar-refractivity contribution is 7.91. The van der Waals surface area contributed by atoms with E-state index in [1.54, 1.807) is 38.1 Å². The van der Waals surface area contributed by atoms with Crippen molar-refractivity contribution in [3.63, 3.8) is 0 Å². The van der Waals surface area contributed by atoms with Crippen LogP contribution in [0.3, 0.4) is 0 Å². The molecule has 0 saturated carbocycles. The van der Waals surface area contributed by atoms with E-state index in [0.717, 1.165) is 4.57 Å². The summed E-state index contributed by atoms with van der Waals surface area (Å²) in [4.78, 5) is 25.5. The van der Waals surface area contributed by atoms with Crippen LogP contribution in [0.1, 0.15) is 11.3 Å². The zero-order valence-electron chi connectivity index (χ0n) is 18.5. The summed E-state index contributed by atoms with van der Waals surface area (Å²) in [5, 5.41) is 3.06. The number of hydrogen-bond acceptors (Lipinski definition) is 6. The molecule has 0 unspecified atom stereocenters. The number of nitrogens with zero attached hydrogens (tertiary/aromatic N) is 1. The summed E-state index contributed by atoms with van der Waals surface area (Å²) in [5.41, 5.74) is 0.347. The minimum Gasteiger partial charge on any atom is -0.497 e. The number of methoxy groups -OCH3 is 2. The largest absolute Gasteiger partial charge is 0.497 e. The Morgan fingerprint density at radius 3 is 2.30 bits per heavy atom. The predicted octanol–water partition coefficient (Wildman–Crippen LogP) is 3.61. The SMILES string of the molecule is COc1ccc(NC(=O)Cn2c(C)cc(C)c(S(=O)(=O)c3ccc(Cl)cc3)c2=O)c(OC)c1. The van der Waals surface area contributed by atoms with E-state index >= 15 is 0 Å². The molecule has 174 valence electrons. The lowest BCUT2D eigenvalue weighted by molar-refractivity contribution is -0.116. The van der Waals surface area contributed by atoms with E-state index in [2.05, 4.69) is 5.32 Å². The molecule has 33 heavy (non-hydrogen) atoms. The highest BCUT2D eigenvalue weighted by atomic mass is 35.5. The van der Waals surface area contributed by atoms with Crippen molar-refractivity contribution in [3.8, 4) is 11.5 Å². The summed E-state index contributed by atoms with van der Waals surface area (Å²) >= 11 is 5.86. The third-order valence-electron chi connectivity index (χ3n) is 5.03. The Hall–Kier alpha value is -3.30. The molecular weight excluding hydrogens is 468 g/mol. The average Bonchev–Trinajstić information content (AvgIpc) is 2.76. The van der Waals surface area contributed by atoms with Gasteiger partial charge < -0.3 is 19.4 Å². The van der Waals surface area contributed by atoms with Gasteiger partial charge >= 0.3 is 0 Å². The van der Waals surface area contributed by atoms with Gasteiger partial charge in [0.25, 0.3) is 5.56 Å². The summed E-state index contributed by atoms with van der Waals surface area (Å²) in [6, 6.07) is 12.0. The molecule has 1 amide bonds. The fourth-order valence-corrected chi connectivity index (χ4v) is 5.08. The van der Waals surface area contributed by atoms with Gasteiger partial charge in [-0.3, -0.25) is 9.59 Å². The van der Waals surface area contributed by atoms with E-state index in [9.17, 15) is 18.0 Å². The van der Waals surface area contributed by atoms with E-state index in [0.29, 0.717) is 33.5 Å². The van der Waals surface area contributed by atoms with Crippen molar-refractivity contribution >= 4 is 33.0 Å². The number of carbonyl (C=O) groups is 1. The van der Waals surface area contributed by atoms with Crippen molar-refractivity contribution < 1.29 is 22.7 Å². The number of amides is 1. The lowest BCUT2D eigenvalue weighted by Crippen LogP contribution is -2.33. The molecule has 0 spiro atoms. The summed E-state index contributed by atoms with van der Waals surface area (Å²) in [6.45, 7) is 2.79. The van der Waals surface area contributed by atoms with Crippen molar-refractivity contribution in [1.29, 1.82) is 0 Å². The van der Waals surface area contributed by atoms with Gasteiger partial charge in [-0.15, -0.1) is 0 Å². The lowest BCUT2D eigenvalue weighted by atomic mass is 10.2. The number of sulfone groups is 1. The molecule has 0 saturated heterocycles. The van der Waals surface area contributed by atoms with Crippen LogP contribution in [0.15, 0.2) is 63.1 Å². The number of nitrogens with one attached hydrogen (secondary N) is 1. The van der Waals surface area contributed by atoms with Crippen LogP contribution in [0.5, 0.6) is 11.5 Å². The van der Waals surface area contributed by atoms with Crippen molar-refractivity contribution in [2.24, 2.45) is 0 Å². The van der Waals surface area contributed by atoms with Gasteiger partial charge in [-0.2, -0.15) is 0 Å². The van der Waals surface area contributed by atoms with Gasteiger partial charge in [-0.05, 0) is 61.9 Å². The topological polar surface area (TPSA) is 104 Å². The molecule has 0 atom stereocenters. The third-order valence-corrected chi connectivity index (χ3v) is 7.20. The number of anilines is 1. The second-order valence-corrected chi connectivity index (χ2v) is 9.58. The Kier molecular flexibility index (Phi) is 7.14. The first kappa shape index (κ1) is 24.3. The minimum absolute atomic E-state index is 0.0603. The lowest BCUT2D eigenvalue weighted by Gasteiger charge is -2.16. The van der Waals surface area contributed by atoms with E-state index in [4.69, 9.17) is 21.1 Å². The summed E-state index contributed by atoms with van der Waals surface area (Å²) in [5.74, 6) is 0.400. The van der Waals surface area contributed by atoms with E-state index in [-0.39, 0.29) is 16.3 Å². The Morgan fingerprint density at radius 1 is 1.03 bits per heavy atom. The maximum atomic E-state index is 13.2. The second kappa shape index (κ2) is 9.68. The molecule has 0 fully saturated rings. The van der Waals surface area contributed by atoms with Crippen LogP contribution in [-0.4, -0.2) is 33.1 Å². The van der Waals surface area contributed by atoms with Gasteiger partial charge in [0.2, 0.25) is 15.7 Å². The predicted molar refractivity (Wildman–Crippen MR) is 125 cm³/mol. The molecule has 2 aromatic carbocycles. The Morgan fingerprint density at radius 2 is 1.70 bits per heavy atom. The zero-order chi connectivity index (χ0) is 24.3. The number of carbonyl (C=O) groups excluding carboxylic acids is 1. The highest BCUT2D eigenvalue weighted by Crippen LogP contribution is 2.29. The van der Waals surface area contributed by atoms with Gasteiger partial charge in [-0.25, -0.2) is 8.42 Å². The van der Waals surface area contributed by atoms with Gasteiger partial charge in [0.15, 0.2) is 0 Å². The van der Waals surface area contributed by atoms with Gasteiger partial charge in [0.05, 0.1) is 24.8 Å². The fourth-order valence-electron chi connectivity index (χ4n) is 3.40. The van der Waals surface area contributed by atoms with Crippen molar-refractivity contribution in [2.75, 3.05) is 19.5 Å². The van der Waals surface area contributed by atoms with Crippen LogP contribution < -0.4 is 20.3 Å². The maximum absolute atomic E-state index is 13.2. The van der Waals surface area contributed by atoms with Crippen LogP contribution in [0.2, 0.25) is 5.02 Å². The van der Waals surface area contributed by atoms with E-state index < -0.39 is 21.3 Å². The molecule has 10 heteroatoms. The van der Waals surface area contributed by atoms with E-state index in [1.807, 2.05) is 0 Å². The molecule has 3 aromatic rings. The number of aryl methyl sites for hydroxylation is 2. The first-order chi connectivity index (χ1) is 15.6. The summed E-state index contributed by atoms with van der Waals surface area (Å²) in [7, 11) is -1.17. The zero-order valence-corrected chi connectivity index (χ0v) is 20.1. The van der Waals surface area contributed by atoms with Crippen molar-refractivity contribution in [3.05, 3.63) is 75.2 Å². The van der Waals surface area contributed by atoms with Crippen LogP contribution in [-0.2, 0) is 21.2 Å². The number of rotatable bonds is 7. The first-order valence-corrected chi connectivity index (χ1v) is 11.7. The molecule has 1 aromatic heterocycles. The Balaban J connectivity index is 1.98. The normalized spacial score (nSPS) is 11.2. The van der Waals surface area contributed by atoms with Gasteiger partial charge in [0.1, 0.15) is 22.9 Å². The molecule has 0 aliphatic heterocycles. The molecule has 1 heterocycles. The van der Waals surface area contributed by atoms with Crippen molar-refractivity contribution in [1.82, 2.24) is 4.57 Å². The van der Waals surface area contributed by atoms with Crippen LogP contribution >= 0.6 is 11.6 Å². The number of hydrogen-bond donors (Lipinski definition) is 1. The van der Waals surface area contributed by atoms with E-state index in [1.165, 1.54) is 38.5 Å². The number of benzene rings is 2. The third kappa shape index (κ3) is 5.04. The molecule has 0 aliphatic rings. The number of ether oxygens (including phenoxy) is 2. The van der Waals surface area contributed by atoms with Gasteiger partial charge in [-0.1, -0.05) is 11.6 Å². The minimum atomic E-state index is -4.13. The van der Waals surface area contributed by atoms with Crippen molar-refractivity contribution in [2.45, 2.75) is 30.2 Å². The number of aromatic nitrogens is 1. The molecule has 0 radical (unpaired) electrons. The molecule has 0 bridgehead atoms. The summed E-state index contributed by atoms with van der Waals surface area (Å²) < 4.78 is 37.9. The van der Waals surface area contributed by atoms with Crippen LogP contribution in [0, 0.1) is 13.8 Å². The smallest absolute Gasteiger partial charge is 0.270 e. The van der Waals surface area contributed by atoms with Crippen LogP contribution in [0.4, 0.5) is 5.69 Å². The molecule has 0 aliphatic carbocycles. The standard InChI is InChI=1S/C23H23ClN2O6S/c1-14-11-15(2)26(13-21(27)25-19-10-7-17(31-3)12-20(19)32-4)23(28)22(14)33(29,30)18-8-5-16(24)6-9-18/h5-12H,13H2,1-4H3,(H,25,27). The number of pyridine rings is 1. The monoisotopic (exact) mass is 490 g/mol. The molecule has 8 nitrogen and oxygen atoms in total. The quantitative estimate of drug-likeness (QED) is 0.542. The molecule has 3 rings (SSSR count). The summed E-state index contributed by atoms with van der Waals surface area (Å²) in [6.07, 6.45) is 0. The molecular formula is C23H23ClN2O6S. The Bertz CT molecular complexity index is 1360. The van der Waals surface area contributed by atoms with Crippen LogP contribution in [0.25, 0.3) is 0 Å². The molecule has 1 N–H and O–H groups in total. The maximum Gasteiger partial charge on any atom is 0.270 e. The first-order valence-electron chi connectivity index (χ1n) is 9.82. The Labute approximate surface area is 196 Å². The highest BCUT2D eigenvalue weighted by Gasteiger charge is 2.26. The number of halogens is 1. The average molecular weight is 491 g/mol. The van der Waals surface area contributed by atoms with Gasteiger partial charge in [0, 0.05) is 16.8 Å². The fraction of sp³-hybridized carbons (Fsp3) is 0.217.